The zero-order valence-corrected chi connectivity index (χ0v) is 12.2. The fourth-order valence-electron chi connectivity index (χ4n) is 2.39. The van der Waals surface area contributed by atoms with E-state index in [1.54, 1.807) is 11.8 Å². The van der Waals surface area contributed by atoms with Crippen LogP contribution in [0, 0.1) is 0 Å². The van der Waals surface area contributed by atoms with E-state index in [-0.39, 0.29) is 0 Å². The Labute approximate surface area is 123 Å². The molecule has 0 saturated heterocycles. The highest BCUT2D eigenvalue weighted by Crippen LogP contribution is 2.45. The number of aromatic nitrogens is 1. The molecule has 3 rings (SSSR count). The van der Waals surface area contributed by atoms with E-state index in [0.29, 0.717) is 0 Å². The highest BCUT2D eigenvalue weighted by molar-refractivity contribution is 8.07. The normalized spacial score (nSPS) is 15.1. The Hall–Kier alpha value is -2.00. The van der Waals surface area contributed by atoms with Gasteiger partial charge in [0.05, 0.1) is 10.7 Å². The fraction of sp³-hybridized carbons (Fsp3) is 0.118. The number of benzene rings is 1. The molecular weight excluding hydrogens is 264 g/mol. The average molecular weight is 280 g/mol. The summed E-state index contributed by atoms with van der Waals surface area (Å²) in [5.74, 6) is 0. The third kappa shape index (κ3) is 2.49. The van der Waals surface area contributed by atoms with Crippen LogP contribution < -0.4 is 0 Å². The Morgan fingerprint density at radius 3 is 2.50 bits per heavy atom. The van der Waals surface area contributed by atoms with Gasteiger partial charge in [-0.15, -0.1) is 0 Å². The summed E-state index contributed by atoms with van der Waals surface area (Å²) in [5, 5.41) is 1.08. The minimum atomic E-state index is 0.829. The van der Waals surface area contributed by atoms with Crippen molar-refractivity contribution in [2.24, 2.45) is 0 Å². The van der Waals surface area contributed by atoms with Crippen molar-refractivity contribution < 1.29 is 0 Å². The largest absolute Gasteiger partial charge is 0.331 e. The first-order chi connectivity index (χ1) is 9.75. The molecule has 1 aromatic carbocycles. The molecule has 2 aromatic rings. The number of rotatable bonds is 3. The van der Waals surface area contributed by atoms with E-state index in [4.69, 9.17) is 0 Å². The summed E-state index contributed by atoms with van der Waals surface area (Å²) in [4.78, 5) is 7.66. The molecule has 0 saturated carbocycles. The first-order valence-electron chi connectivity index (χ1n) is 6.55. The van der Waals surface area contributed by atoms with Gasteiger partial charge in [-0.1, -0.05) is 48.7 Å². The first-order valence-corrected chi connectivity index (χ1v) is 7.37. The molecule has 0 unspecified atom stereocenters. The number of pyridine rings is 1. The number of thioether (sulfide) groups is 1. The smallest absolute Gasteiger partial charge is 0.0728 e. The van der Waals surface area contributed by atoms with Crippen LogP contribution in [0.4, 0.5) is 0 Å². The van der Waals surface area contributed by atoms with E-state index in [1.807, 2.05) is 30.6 Å². The molecule has 2 nitrogen and oxygen atoms in total. The standard InChI is InChI=1S/C17H16N2S/c1-13-17(16-6-4-3-5-7-16)19(14(2)20-13)12-15-8-10-18-11-9-15/h3-11H,2,12H2,1H3. The van der Waals surface area contributed by atoms with Crippen LogP contribution in [-0.4, -0.2) is 9.88 Å². The maximum atomic E-state index is 4.19. The number of hydrogen-bond acceptors (Lipinski definition) is 3. The Morgan fingerprint density at radius 1 is 1.10 bits per heavy atom. The second-order valence-electron chi connectivity index (χ2n) is 4.71. The van der Waals surface area contributed by atoms with Crippen LogP contribution in [0.15, 0.2) is 71.4 Å². The third-order valence-electron chi connectivity index (χ3n) is 3.31. The first kappa shape index (κ1) is 13.0. The molecule has 100 valence electrons. The quantitative estimate of drug-likeness (QED) is 0.824. The predicted octanol–water partition coefficient (Wildman–Crippen LogP) is 4.49. The van der Waals surface area contributed by atoms with Gasteiger partial charge in [0.1, 0.15) is 0 Å². The Balaban J connectivity index is 1.94. The van der Waals surface area contributed by atoms with Crippen LogP contribution in [-0.2, 0) is 6.54 Å². The van der Waals surface area contributed by atoms with Crippen molar-refractivity contribution in [1.82, 2.24) is 9.88 Å². The summed E-state index contributed by atoms with van der Waals surface area (Å²) in [5.41, 5.74) is 3.74. The van der Waals surface area contributed by atoms with E-state index in [1.165, 1.54) is 21.7 Å². The lowest BCUT2D eigenvalue weighted by Gasteiger charge is -2.23. The third-order valence-corrected chi connectivity index (χ3v) is 4.27. The van der Waals surface area contributed by atoms with Crippen LogP contribution in [0.2, 0.25) is 0 Å². The number of nitrogens with zero attached hydrogens (tertiary/aromatic N) is 2. The van der Waals surface area contributed by atoms with Crippen molar-refractivity contribution in [1.29, 1.82) is 0 Å². The lowest BCUT2D eigenvalue weighted by molar-refractivity contribution is 0.520. The molecule has 2 heterocycles. The summed E-state index contributed by atoms with van der Waals surface area (Å²) >= 11 is 1.75. The van der Waals surface area contributed by atoms with Gasteiger partial charge in [0.2, 0.25) is 0 Å². The van der Waals surface area contributed by atoms with Crippen LogP contribution in [0.1, 0.15) is 18.1 Å². The predicted molar refractivity (Wildman–Crippen MR) is 85.5 cm³/mol. The van der Waals surface area contributed by atoms with Gasteiger partial charge in [0.25, 0.3) is 0 Å². The van der Waals surface area contributed by atoms with Gasteiger partial charge in [-0.3, -0.25) is 4.98 Å². The fourth-order valence-corrected chi connectivity index (χ4v) is 3.33. The summed E-state index contributed by atoms with van der Waals surface area (Å²) < 4.78 is 0. The van der Waals surface area contributed by atoms with E-state index in [9.17, 15) is 0 Å². The van der Waals surface area contributed by atoms with Crippen molar-refractivity contribution in [3.8, 4) is 0 Å². The van der Waals surface area contributed by atoms with E-state index in [2.05, 4.69) is 47.7 Å². The molecule has 0 fully saturated rings. The Morgan fingerprint density at radius 2 is 1.80 bits per heavy atom. The summed E-state index contributed by atoms with van der Waals surface area (Å²) in [7, 11) is 0. The molecule has 3 heteroatoms. The van der Waals surface area contributed by atoms with Crippen molar-refractivity contribution in [2.45, 2.75) is 13.5 Å². The maximum absolute atomic E-state index is 4.19. The lowest BCUT2D eigenvalue weighted by Crippen LogP contribution is -2.16. The van der Waals surface area contributed by atoms with Crippen molar-refractivity contribution in [2.75, 3.05) is 0 Å². The highest BCUT2D eigenvalue weighted by Gasteiger charge is 2.25. The van der Waals surface area contributed by atoms with Gasteiger partial charge in [-0.25, -0.2) is 0 Å². The van der Waals surface area contributed by atoms with Crippen molar-refractivity contribution >= 4 is 17.5 Å². The van der Waals surface area contributed by atoms with Crippen molar-refractivity contribution in [3.63, 3.8) is 0 Å². The zero-order valence-electron chi connectivity index (χ0n) is 11.4. The molecule has 0 atom stereocenters. The van der Waals surface area contributed by atoms with Gasteiger partial charge in [0, 0.05) is 23.8 Å². The van der Waals surface area contributed by atoms with Gasteiger partial charge in [0.15, 0.2) is 0 Å². The van der Waals surface area contributed by atoms with Crippen LogP contribution in [0.3, 0.4) is 0 Å². The Kier molecular flexibility index (Phi) is 3.61. The minimum absolute atomic E-state index is 0.829. The molecular formula is C17H16N2S. The van der Waals surface area contributed by atoms with Crippen LogP contribution in [0.5, 0.6) is 0 Å². The molecule has 1 aromatic heterocycles. The zero-order chi connectivity index (χ0) is 13.9. The maximum Gasteiger partial charge on any atom is 0.0728 e. The highest BCUT2D eigenvalue weighted by atomic mass is 32.2. The van der Waals surface area contributed by atoms with E-state index >= 15 is 0 Å². The summed E-state index contributed by atoms with van der Waals surface area (Å²) in [6.45, 7) is 7.18. The monoisotopic (exact) mass is 280 g/mol. The van der Waals surface area contributed by atoms with E-state index in [0.717, 1.165) is 11.6 Å². The van der Waals surface area contributed by atoms with Crippen molar-refractivity contribution in [3.05, 3.63) is 82.5 Å². The Bertz CT molecular complexity index is 647. The summed E-state index contributed by atoms with van der Waals surface area (Å²) in [6, 6.07) is 14.6. The molecule has 1 aliphatic rings. The lowest BCUT2D eigenvalue weighted by atomic mass is 10.1. The van der Waals surface area contributed by atoms with Crippen LogP contribution >= 0.6 is 11.8 Å². The van der Waals surface area contributed by atoms with Gasteiger partial charge in [-0.05, 0) is 30.2 Å². The van der Waals surface area contributed by atoms with Gasteiger partial charge < -0.3 is 4.90 Å². The van der Waals surface area contributed by atoms with Crippen LogP contribution in [0.25, 0.3) is 5.70 Å². The van der Waals surface area contributed by atoms with E-state index < -0.39 is 0 Å². The van der Waals surface area contributed by atoms with Gasteiger partial charge in [-0.2, -0.15) is 0 Å². The molecule has 0 amide bonds. The molecule has 0 bridgehead atoms. The SMILES string of the molecule is C=C1SC(C)=C(c2ccccc2)N1Cc1ccncc1. The average Bonchev–Trinajstić information content (AvgIpc) is 2.75. The molecule has 0 aliphatic carbocycles. The number of allylic oxidation sites excluding steroid dienone is 1. The topological polar surface area (TPSA) is 16.1 Å². The molecule has 1 aliphatic heterocycles. The summed E-state index contributed by atoms with van der Waals surface area (Å²) in [6.07, 6.45) is 3.67. The number of hydrogen-bond donors (Lipinski definition) is 0. The second-order valence-corrected chi connectivity index (χ2v) is 6.00. The van der Waals surface area contributed by atoms with Gasteiger partial charge >= 0.3 is 0 Å². The molecule has 20 heavy (non-hydrogen) atoms. The minimum Gasteiger partial charge on any atom is -0.331 e. The molecule has 0 N–H and O–H groups in total. The molecule has 0 radical (unpaired) electrons. The molecule has 0 spiro atoms. The second kappa shape index (κ2) is 5.55.